The van der Waals surface area contributed by atoms with Gasteiger partial charge in [-0.15, -0.1) is 0 Å². The highest BCUT2D eigenvalue weighted by atomic mass is 19.4. The Bertz CT molecular complexity index is 1100. The molecule has 140 valence electrons. The second-order valence-electron chi connectivity index (χ2n) is 5.47. The number of benzene rings is 1. The molecule has 0 saturated heterocycles. The van der Waals surface area contributed by atoms with Crippen molar-refractivity contribution in [2.45, 2.75) is 11.6 Å². The normalized spacial score (nSPS) is 19.4. The number of carboxylic acid groups (broad SMARTS) is 2. The fourth-order valence-electron chi connectivity index (χ4n) is 3.11. The molecule has 1 unspecified atom stereocenters. The van der Waals surface area contributed by atoms with E-state index in [9.17, 15) is 37.4 Å². The van der Waals surface area contributed by atoms with Gasteiger partial charge in [0.2, 0.25) is 17.2 Å². The summed E-state index contributed by atoms with van der Waals surface area (Å²) >= 11 is 0. The van der Waals surface area contributed by atoms with Crippen molar-refractivity contribution in [1.29, 1.82) is 5.26 Å². The van der Waals surface area contributed by atoms with Gasteiger partial charge in [-0.05, 0) is 18.2 Å². The van der Waals surface area contributed by atoms with E-state index in [0.717, 1.165) is 18.2 Å². The van der Waals surface area contributed by atoms with Gasteiger partial charge in [0.25, 0.3) is 0 Å². The summed E-state index contributed by atoms with van der Waals surface area (Å²) in [6.45, 7) is 0. The third kappa shape index (κ3) is 2.08. The second-order valence-corrected chi connectivity index (χ2v) is 5.47. The van der Waals surface area contributed by atoms with E-state index >= 15 is 0 Å². The van der Waals surface area contributed by atoms with Crippen LogP contribution in [0.25, 0.3) is 10.9 Å². The Kier molecular flexibility index (Phi) is 3.59. The van der Waals surface area contributed by atoms with E-state index in [0.29, 0.717) is 6.07 Å². The lowest BCUT2D eigenvalue weighted by Gasteiger charge is -2.35. The smallest absolute Gasteiger partial charge is 0.418 e. The number of aromatic nitrogens is 1. The second kappa shape index (κ2) is 5.37. The molecule has 1 atom stereocenters. The maximum atomic E-state index is 14.0. The quantitative estimate of drug-likeness (QED) is 0.640. The molecular formula is C15H7F4N3O5. The van der Waals surface area contributed by atoms with Gasteiger partial charge in [-0.2, -0.15) is 18.4 Å². The molecule has 27 heavy (non-hydrogen) atoms. The predicted octanol–water partition coefficient (Wildman–Crippen LogP) is 2.28. The number of nitrogens with two attached hydrogens (primary N) is 1. The Labute approximate surface area is 146 Å². The fraction of sp³-hybridized carbons (Fsp3) is 0.133. The number of hydrogen-bond acceptors (Lipinski definition) is 5. The maximum Gasteiger partial charge on any atom is 0.418 e. The van der Waals surface area contributed by atoms with Gasteiger partial charge in [-0.3, -0.25) is 4.79 Å². The summed E-state index contributed by atoms with van der Waals surface area (Å²) in [5, 5.41) is 27.3. The number of ether oxygens (including phenoxy) is 1. The highest BCUT2D eigenvalue weighted by Crippen LogP contribution is 2.55. The van der Waals surface area contributed by atoms with Gasteiger partial charge in [0.15, 0.2) is 0 Å². The molecule has 4 N–H and O–H groups in total. The summed E-state index contributed by atoms with van der Waals surface area (Å²) in [5.74, 6) is -5.92. The van der Waals surface area contributed by atoms with Crippen molar-refractivity contribution >= 4 is 23.0 Å². The number of carboxylic acids is 1. The van der Waals surface area contributed by atoms with E-state index in [-0.39, 0.29) is 4.57 Å². The van der Waals surface area contributed by atoms with Gasteiger partial charge in [-0.25, -0.2) is 13.8 Å². The van der Waals surface area contributed by atoms with Crippen molar-refractivity contribution in [2.75, 3.05) is 0 Å². The molecule has 3 rings (SSSR count). The lowest BCUT2D eigenvalue weighted by molar-refractivity contribution is -0.197. The first-order chi connectivity index (χ1) is 12.5. The lowest BCUT2D eigenvalue weighted by Crippen LogP contribution is -2.53. The molecule has 2 heterocycles. The van der Waals surface area contributed by atoms with E-state index in [1.807, 2.05) is 0 Å². The largest absolute Gasteiger partial charge is 0.480 e. The van der Waals surface area contributed by atoms with Gasteiger partial charge in [-0.1, -0.05) is 0 Å². The molecule has 0 radical (unpaired) electrons. The van der Waals surface area contributed by atoms with Crippen molar-refractivity contribution in [3.05, 3.63) is 41.0 Å². The van der Waals surface area contributed by atoms with Crippen LogP contribution in [0.1, 0.15) is 5.56 Å². The molecule has 1 aromatic carbocycles. The van der Waals surface area contributed by atoms with E-state index in [2.05, 4.69) is 0 Å². The van der Waals surface area contributed by atoms with Crippen LogP contribution in [-0.4, -0.2) is 33.0 Å². The average Bonchev–Trinajstić information content (AvgIpc) is 2.85. The van der Waals surface area contributed by atoms with Crippen LogP contribution in [0.15, 0.2) is 29.7 Å². The number of rotatable bonds is 1. The summed E-state index contributed by atoms with van der Waals surface area (Å²) in [6.07, 6.45) is -7.47. The van der Waals surface area contributed by atoms with E-state index < -0.39 is 63.3 Å². The lowest BCUT2D eigenvalue weighted by atomic mass is 9.72. The molecule has 2 aromatic rings. The minimum Gasteiger partial charge on any atom is -0.480 e. The summed E-state index contributed by atoms with van der Waals surface area (Å²) in [6, 6.07) is 3.20. The monoisotopic (exact) mass is 385 g/mol. The SMILES string of the molecule is N#CC1=C(N)Oc2c(c3cc(F)ccc3n2C(=O)O)C1(C(=O)O)C(F)(F)F. The molecule has 1 aromatic heterocycles. The number of nitrogens with zero attached hydrogens (tertiary/aromatic N) is 2. The van der Waals surface area contributed by atoms with Crippen molar-refractivity contribution in [3.63, 3.8) is 0 Å². The Morgan fingerprint density at radius 2 is 1.93 bits per heavy atom. The summed E-state index contributed by atoms with van der Waals surface area (Å²) in [7, 11) is 0. The first-order valence-electron chi connectivity index (χ1n) is 6.94. The Hall–Kier alpha value is -3.75. The standard InChI is InChI=1S/C15H7F4N3O5/c16-5-1-2-8-6(3-5)9-11(22(8)13(25)26)27-10(21)7(4-20)14(9,12(23)24)15(17,18)19/h1-3H,21H2,(H,23,24)(H,25,26). The Morgan fingerprint density at radius 1 is 1.30 bits per heavy atom. The van der Waals surface area contributed by atoms with Crippen LogP contribution in [0.2, 0.25) is 0 Å². The zero-order valence-electron chi connectivity index (χ0n) is 12.8. The number of nitriles is 1. The minimum absolute atomic E-state index is 0.203. The number of carbonyl (C=O) groups is 2. The van der Waals surface area contributed by atoms with Crippen molar-refractivity contribution in [2.24, 2.45) is 5.73 Å². The molecule has 8 nitrogen and oxygen atoms in total. The van der Waals surface area contributed by atoms with Crippen LogP contribution in [0.3, 0.4) is 0 Å². The van der Waals surface area contributed by atoms with Crippen LogP contribution >= 0.6 is 0 Å². The van der Waals surface area contributed by atoms with E-state index in [4.69, 9.17) is 15.7 Å². The van der Waals surface area contributed by atoms with Crippen LogP contribution in [-0.2, 0) is 10.2 Å². The first kappa shape index (κ1) is 18.1. The zero-order valence-corrected chi connectivity index (χ0v) is 12.8. The predicted molar refractivity (Wildman–Crippen MR) is 78.1 cm³/mol. The van der Waals surface area contributed by atoms with Gasteiger partial charge < -0.3 is 20.7 Å². The zero-order chi connectivity index (χ0) is 20.3. The van der Waals surface area contributed by atoms with Crippen molar-refractivity contribution < 1.29 is 42.1 Å². The number of hydrogen-bond donors (Lipinski definition) is 3. The molecule has 0 aliphatic carbocycles. The maximum absolute atomic E-state index is 14.0. The molecule has 0 spiro atoms. The highest BCUT2D eigenvalue weighted by Gasteiger charge is 2.70. The number of alkyl halides is 3. The van der Waals surface area contributed by atoms with Gasteiger partial charge in [0.05, 0.1) is 11.1 Å². The van der Waals surface area contributed by atoms with Crippen LogP contribution in [0.4, 0.5) is 22.4 Å². The van der Waals surface area contributed by atoms with Gasteiger partial charge >= 0.3 is 18.2 Å². The molecule has 0 fully saturated rings. The summed E-state index contributed by atoms with van der Waals surface area (Å²) in [5.41, 5.74) is -1.94. The molecule has 0 bridgehead atoms. The number of aliphatic carboxylic acids is 1. The molecular weight excluding hydrogens is 378 g/mol. The first-order valence-corrected chi connectivity index (χ1v) is 6.94. The van der Waals surface area contributed by atoms with E-state index in [1.165, 1.54) is 0 Å². The minimum atomic E-state index is -5.64. The van der Waals surface area contributed by atoms with Gasteiger partial charge in [0.1, 0.15) is 17.5 Å². The van der Waals surface area contributed by atoms with Crippen LogP contribution < -0.4 is 10.5 Å². The molecule has 12 heteroatoms. The molecule has 0 amide bonds. The average molecular weight is 385 g/mol. The third-order valence-corrected chi connectivity index (χ3v) is 4.14. The molecule has 1 aliphatic heterocycles. The topological polar surface area (TPSA) is 139 Å². The molecule has 1 aliphatic rings. The Morgan fingerprint density at radius 3 is 2.41 bits per heavy atom. The Balaban J connectivity index is 2.67. The molecule has 0 saturated carbocycles. The number of fused-ring (bicyclic) bond motifs is 3. The number of halogens is 4. The van der Waals surface area contributed by atoms with Gasteiger partial charge in [0, 0.05) is 5.39 Å². The van der Waals surface area contributed by atoms with Crippen LogP contribution in [0, 0.1) is 17.1 Å². The summed E-state index contributed by atoms with van der Waals surface area (Å²) < 4.78 is 60.9. The third-order valence-electron chi connectivity index (χ3n) is 4.14. The fourth-order valence-corrected chi connectivity index (χ4v) is 3.11. The van der Waals surface area contributed by atoms with Crippen molar-refractivity contribution in [3.8, 4) is 11.9 Å². The van der Waals surface area contributed by atoms with Crippen LogP contribution in [0.5, 0.6) is 5.88 Å². The van der Waals surface area contributed by atoms with E-state index in [1.54, 1.807) is 0 Å². The highest BCUT2D eigenvalue weighted by molar-refractivity contribution is 6.02. The summed E-state index contributed by atoms with van der Waals surface area (Å²) in [4.78, 5) is 23.4. The van der Waals surface area contributed by atoms with Crippen molar-refractivity contribution in [1.82, 2.24) is 4.57 Å².